The molecule has 8 nitrogen and oxygen atoms in total. The Kier molecular flexibility index (Phi) is 3.08. The predicted octanol–water partition coefficient (Wildman–Crippen LogP) is -0.00520. The van der Waals surface area contributed by atoms with Gasteiger partial charge in [-0.05, 0) is 6.07 Å². The number of aromatic nitrogens is 4. The second kappa shape index (κ2) is 4.99. The molecule has 1 unspecified atom stereocenters. The number of carbonyl (C=O) groups is 1. The van der Waals surface area contributed by atoms with E-state index in [1.54, 1.807) is 24.0 Å². The van der Waals surface area contributed by atoms with Crippen molar-refractivity contribution in [1.29, 1.82) is 0 Å². The largest absolute Gasteiger partial charge is 0.378 e. The molecule has 4 heterocycles. The zero-order valence-corrected chi connectivity index (χ0v) is 12.4. The summed E-state index contributed by atoms with van der Waals surface area (Å²) in [7, 11) is 1.76. The third-order valence-electron chi connectivity index (χ3n) is 4.32. The van der Waals surface area contributed by atoms with Crippen LogP contribution in [-0.4, -0.2) is 69.3 Å². The number of pyridine rings is 1. The zero-order chi connectivity index (χ0) is 15.2. The Bertz CT molecular complexity index is 722. The van der Waals surface area contributed by atoms with Crippen molar-refractivity contribution in [3.63, 3.8) is 0 Å². The Morgan fingerprint density at radius 2 is 2.32 bits per heavy atom. The number of amides is 1. The van der Waals surface area contributed by atoms with Crippen molar-refractivity contribution < 1.29 is 14.3 Å². The van der Waals surface area contributed by atoms with Crippen LogP contribution in [0.4, 0.5) is 0 Å². The maximum absolute atomic E-state index is 12.9. The van der Waals surface area contributed by atoms with Gasteiger partial charge in [0.1, 0.15) is 11.1 Å². The quantitative estimate of drug-likeness (QED) is 0.737. The van der Waals surface area contributed by atoms with E-state index in [9.17, 15) is 4.79 Å². The summed E-state index contributed by atoms with van der Waals surface area (Å²) in [5.74, 6) is -0.0533. The number of morpholine rings is 1. The van der Waals surface area contributed by atoms with Crippen LogP contribution in [0, 0.1) is 0 Å². The Morgan fingerprint density at radius 1 is 1.41 bits per heavy atom. The van der Waals surface area contributed by atoms with Crippen LogP contribution in [0.15, 0.2) is 12.3 Å². The lowest BCUT2D eigenvalue weighted by molar-refractivity contribution is -0.0995. The highest BCUT2D eigenvalue weighted by Crippen LogP contribution is 2.28. The van der Waals surface area contributed by atoms with Crippen LogP contribution in [0.1, 0.15) is 16.8 Å². The monoisotopic (exact) mass is 303 g/mol. The molecule has 2 saturated heterocycles. The lowest BCUT2D eigenvalue weighted by Crippen LogP contribution is -2.54. The van der Waals surface area contributed by atoms with Crippen molar-refractivity contribution in [2.45, 2.75) is 12.0 Å². The first-order chi connectivity index (χ1) is 10.7. The molecule has 2 aromatic rings. The van der Waals surface area contributed by atoms with Gasteiger partial charge >= 0.3 is 0 Å². The maximum Gasteiger partial charge on any atom is 0.256 e. The topological polar surface area (TPSA) is 82.4 Å². The van der Waals surface area contributed by atoms with Gasteiger partial charge in [0, 0.05) is 32.8 Å². The number of rotatable bonds is 1. The molecule has 0 aliphatic carbocycles. The first-order valence-corrected chi connectivity index (χ1v) is 7.34. The first kappa shape index (κ1) is 13.6. The van der Waals surface area contributed by atoms with Crippen LogP contribution in [0.25, 0.3) is 11.2 Å². The summed E-state index contributed by atoms with van der Waals surface area (Å²) in [6.07, 6.45) is 2.45. The van der Waals surface area contributed by atoms with Crippen LogP contribution in [-0.2, 0) is 16.5 Å². The van der Waals surface area contributed by atoms with Crippen LogP contribution in [0.3, 0.4) is 0 Å². The molecule has 116 valence electrons. The molecule has 1 spiro atoms. The molecule has 2 aliphatic rings. The standard InChI is InChI=1S/C14H17N5O3/c1-18-12-11(16-17-18)10(2-4-15-12)13(20)19-5-7-22-14(8-19)3-6-21-9-14/h2,4H,3,5-9H2,1H3. The molecule has 4 rings (SSSR count). The Morgan fingerprint density at radius 3 is 3.14 bits per heavy atom. The van der Waals surface area contributed by atoms with Crippen LogP contribution in [0.5, 0.6) is 0 Å². The third-order valence-corrected chi connectivity index (χ3v) is 4.32. The van der Waals surface area contributed by atoms with Gasteiger partial charge in [-0.25, -0.2) is 9.67 Å². The van der Waals surface area contributed by atoms with Gasteiger partial charge in [0.15, 0.2) is 5.65 Å². The third kappa shape index (κ3) is 2.06. The maximum atomic E-state index is 12.9. The zero-order valence-electron chi connectivity index (χ0n) is 12.4. The van der Waals surface area contributed by atoms with E-state index >= 15 is 0 Å². The normalized spacial score (nSPS) is 25.2. The van der Waals surface area contributed by atoms with Crippen molar-refractivity contribution in [3.05, 3.63) is 17.8 Å². The molecule has 2 fully saturated rings. The van der Waals surface area contributed by atoms with Gasteiger partial charge in [-0.15, -0.1) is 5.10 Å². The van der Waals surface area contributed by atoms with Crippen LogP contribution >= 0.6 is 0 Å². The van der Waals surface area contributed by atoms with E-state index in [1.165, 1.54) is 0 Å². The number of carbonyl (C=O) groups excluding carboxylic acids is 1. The minimum atomic E-state index is -0.345. The molecule has 8 heteroatoms. The highest BCUT2D eigenvalue weighted by atomic mass is 16.6. The van der Waals surface area contributed by atoms with Crippen LogP contribution in [0.2, 0.25) is 0 Å². The Balaban J connectivity index is 1.65. The number of nitrogens with zero attached hydrogens (tertiary/aromatic N) is 5. The molecule has 0 aromatic carbocycles. The molecule has 1 amide bonds. The van der Waals surface area contributed by atoms with Gasteiger partial charge in [-0.1, -0.05) is 5.21 Å². The first-order valence-electron chi connectivity index (χ1n) is 7.34. The van der Waals surface area contributed by atoms with Crippen molar-refractivity contribution in [2.24, 2.45) is 7.05 Å². The fraction of sp³-hybridized carbons (Fsp3) is 0.571. The van der Waals surface area contributed by atoms with Gasteiger partial charge in [-0.2, -0.15) is 0 Å². The summed E-state index contributed by atoms with van der Waals surface area (Å²) in [6.45, 7) is 2.89. The van der Waals surface area contributed by atoms with Gasteiger partial charge in [0.2, 0.25) is 0 Å². The minimum absolute atomic E-state index is 0.0533. The summed E-state index contributed by atoms with van der Waals surface area (Å²) >= 11 is 0. The number of ether oxygens (including phenoxy) is 2. The van der Waals surface area contributed by atoms with E-state index in [1.807, 2.05) is 4.90 Å². The van der Waals surface area contributed by atoms with E-state index in [0.29, 0.717) is 49.6 Å². The fourth-order valence-electron chi connectivity index (χ4n) is 3.12. The Hall–Kier alpha value is -2.06. The second-order valence-corrected chi connectivity index (χ2v) is 5.80. The van der Waals surface area contributed by atoms with E-state index < -0.39 is 0 Å². The number of fused-ring (bicyclic) bond motifs is 1. The van der Waals surface area contributed by atoms with E-state index in [2.05, 4.69) is 15.3 Å². The highest BCUT2D eigenvalue weighted by molar-refractivity contribution is 6.03. The van der Waals surface area contributed by atoms with Crippen molar-refractivity contribution >= 4 is 17.1 Å². The summed E-state index contributed by atoms with van der Waals surface area (Å²) in [6, 6.07) is 1.70. The van der Waals surface area contributed by atoms with Crippen LogP contribution < -0.4 is 0 Å². The van der Waals surface area contributed by atoms with Gasteiger partial charge < -0.3 is 14.4 Å². The molecule has 1 atom stereocenters. The molecule has 2 aromatic heterocycles. The summed E-state index contributed by atoms with van der Waals surface area (Å²) in [5, 5.41) is 8.01. The van der Waals surface area contributed by atoms with E-state index in [4.69, 9.17) is 9.47 Å². The second-order valence-electron chi connectivity index (χ2n) is 5.80. The molecule has 0 radical (unpaired) electrons. The lowest BCUT2D eigenvalue weighted by atomic mass is 10.00. The Labute approximate surface area is 127 Å². The van der Waals surface area contributed by atoms with Gasteiger partial charge in [0.25, 0.3) is 5.91 Å². The molecular weight excluding hydrogens is 286 g/mol. The smallest absolute Gasteiger partial charge is 0.256 e. The van der Waals surface area contributed by atoms with Crippen molar-refractivity contribution in [3.8, 4) is 0 Å². The van der Waals surface area contributed by atoms with E-state index in [0.717, 1.165) is 6.42 Å². The SMILES string of the molecule is Cn1nnc2c(C(=O)N3CCOC4(CCOC4)C3)ccnc21. The predicted molar refractivity (Wildman–Crippen MR) is 76.3 cm³/mol. The molecule has 22 heavy (non-hydrogen) atoms. The van der Waals surface area contributed by atoms with Gasteiger partial charge in [-0.3, -0.25) is 4.79 Å². The lowest BCUT2D eigenvalue weighted by Gasteiger charge is -2.39. The summed E-state index contributed by atoms with van der Waals surface area (Å²) in [5.41, 5.74) is 1.34. The highest BCUT2D eigenvalue weighted by Gasteiger charge is 2.42. The summed E-state index contributed by atoms with van der Waals surface area (Å²) in [4.78, 5) is 18.9. The number of aryl methyl sites for hydroxylation is 1. The number of hydrogen-bond acceptors (Lipinski definition) is 6. The molecular formula is C14H17N5O3. The fourth-order valence-corrected chi connectivity index (χ4v) is 3.12. The molecule has 0 saturated carbocycles. The number of hydrogen-bond donors (Lipinski definition) is 0. The minimum Gasteiger partial charge on any atom is -0.378 e. The average Bonchev–Trinajstić information content (AvgIpc) is 3.14. The molecule has 0 N–H and O–H groups in total. The van der Waals surface area contributed by atoms with Crippen molar-refractivity contribution in [1.82, 2.24) is 24.9 Å². The summed E-state index contributed by atoms with van der Waals surface area (Å²) < 4.78 is 12.9. The molecule has 0 bridgehead atoms. The molecule has 2 aliphatic heterocycles. The van der Waals surface area contributed by atoms with Crippen molar-refractivity contribution in [2.75, 3.05) is 32.9 Å². The average molecular weight is 303 g/mol. The van der Waals surface area contributed by atoms with E-state index in [-0.39, 0.29) is 11.5 Å². The van der Waals surface area contributed by atoms with Gasteiger partial charge in [0.05, 0.1) is 25.3 Å².